The first-order chi connectivity index (χ1) is 11.7. The molecular weight excluding hydrogens is 318 g/mol. The molecule has 2 aromatic rings. The van der Waals surface area contributed by atoms with E-state index in [9.17, 15) is 0 Å². The third kappa shape index (κ3) is 4.46. The second-order valence-corrected chi connectivity index (χ2v) is 6.18. The molecule has 0 spiro atoms. The molecule has 0 saturated carbocycles. The zero-order valence-corrected chi connectivity index (χ0v) is 14.8. The highest BCUT2D eigenvalue weighted by molar-refractivity contribution is 7.80. The molecule has 1 saturated heterocycles. The van der Waals surface area contributed by atoms with Crippen molar-refractivity contribution in [3.05, 3.63) is 54.6 Å². The summed E-state index contributed by atoms with van der Waals surface area (Å²) in [6.45, 7) is 7.41. The molecule has 3 rings (SSSR count). The fourth-order valence-corrected chi connectivity index (χ4v) is 3.00. The molecule has 0 amide bonds. The SMILES string of the molecule is CCN1CCN(C(=S)Nc2ccc(Oc3ccccc3)cc2)CC1. The standard InChI is InChI=1S/C19H23N3OS/c1-2-21-12-14-22(15-13-21)19(24)20-16-8-10-18(11-9-16)23-17-6-4-3-5-7-17/h3-11H,2,12-15H2,1H3,(H,20,24). The summed E-state index contributed by atoms with van der Waals surface area (Å²) >= 11 is 5.53. The Morgan fingerprint density at radius 2 is 1.58 bits per heavy atom. The van der Waals surface area contributed by atoms with Crippen LogP contribution in [0.15, 0.2) is 54.6 Å². The van der Waals surface area contributed by atoms with Gasteiger partial charge in [-0.05, 0) is 55.2 Å². The summed E-state index contributed by atoms with van der Waals surface area (Å²) in [4.78, 5) is 4.67. The number of hydrogen-bond acceptors (Lipinski definition) is 3. The number of nitrogens with zero attached hydrogens (tertiary/aromatic N) is 2. The minimum Gasteiger partial charge on any atom is -0.457 e. The van der Waals surface area contributed by atoms with Crippen molar-refractivity contribution in [1.82, 2.24) is 9.80 Å². The Balaban J connectivity index is 1.53. The lowest BCUT2D eigenvalue weighted by atomic mass is 10.3. The number of ether oxygens (including phenoxy) is 1. The van der Waals surface area contributed by atoms with Crippen molar-refractivity contribution in [2.24, 2.45) is 0 Å². The molecule has 126 valence electrons. The molecule has 5 heteroatoms. The Morgan fingerprint density at radius 1 is 0.958 bits per heavy atom. The van der Waals surface area contributed by atoms with Crippen LogP contribution in [0.4, 0.5) is 5.69 Å². The van der Waals surface area contributed by atoms with Crippen LogP contribution in [-0.2, 0) is 0 Å². The number of nitrogens with one attached hydrogen (secondary N) is 1. The molecule has 1 aliphatic heterocycles. The molecule has 1 N–H and O–H groups in total. The van der Waals surface area contributed by atoms with Crippen LogP contribution >= 0.6 is 12.2 Å². The fraction of sp³-hybridized carbons (Fsp3) is 0.316. The quantitative estimate of drug-likeness (QED) is 0.854. The topological polar surface area (TPSA) is 27.7 Å². The average Bonchev–Trinajstić information content (AvgIpc) is 2.64. The van der Waals surface area contributed by atoms with Crippen LogP contribution in [0.5, 0.6) is 11.5 Å². The predicted molar refractivity (Wildman–Crippen MR) is 103 cm³/mol. The first-order valence-corrected chi connectivity index (χ1v) is 8.76. The van der Waals surface area contributed by atoms with E-state index in [0.717, 1.165) is 55.0 Å². The van der Waals surface area contributed by atoms with Crippen LogP contribution in [-0.4, -0.2) is 47.6 Å². The molecule has 0 radical (unpaired) electrons. The van der Waals surface area contributed by atoms with Crippen LogP contribution in [0.2, 0.25) is 0 Å². The Kier molecular flexibility index (Phi) is 5.67. The lowest BCUT2D eigenvalue weighted by Gasteiger charge is -2.35. The lowest BCUT2D eigenvalue weighted by molar-refractivity contribution is 0.191. The normalized spacial score (nSPS) is 15.1. The molecular formula is C19H23N3OS. The van der Waals surface area contributed by atoms with Gasteiger partial charge < -0.3 is 19.9 Å². The van der Waals surface area contributed by atoms with Gasteiger partial charge in [-0.15, -0.1) is 0 Å². The van der Waals surface area contributed by atoms with E-state index in [0.29, 0.717) is 0 Å². The molecule has 0 bridgehead atoms. The summed E-state index contributed by atoms with van der Waals surface area (Å²) in [5, 5.41) is 4.11. The number of benzene rings is 2. The zero-order chi connectivity index (χ0) is 16.8. The summed E-state index contributed by atoms with van der Waals surface area (Å²) in [6, 6.07) is 17.7. The average molecular weight is 341 g/mol. The number of piperazine rings is 1. The van der Waals surface area contributed by atoms with Gasteiger partial charge in [0, 0.05) is 31.9 Å². The molecule has 1 aliphatic rings. The van der Waals surface area contributed by atoms with E-state index >= 15 is 0 Å². The fourth-order valence-electron chi connectivity index (χ4n) is 2.70. The van der Waals surface area contributed by atoms with Gasteiger partial charge in [0.25, 0.3) is 0 Å². The first-order valence-electron chi connectivity index (χ1n) is 8.36. The maximum atomic E-state index is 5.80. The molecule has 1 heterocycles. The van der Waals surface area contributed by atoms with Gasteiger partial charge in [-0.2, -0.15) is 0 Å². The molecule has 24 heavy (non-hydrogen) atoms. The summed E-state index contributed by atoms with van der Waals surface area (Å²) < 4.78 is 5.80. The van der Waals surface area contributed by atoms with Crippen LogP contribution in [0.3, 0.4) is 0 Å². The third-order valence-electron chi connectivity index (χ3n) is 4.19. The van der Waals surface area contributed by atoms with Crippen molar-refractivity contribution in [3.63, 3.8) is 0 Å². The number of para-hydroxylation sites is 1. The Bertz CT molecular complexity index is 652. The van der Waals surface area contributed by atoms with Crippen LogP contribution in [0, 0.1) is 0 Å². The molecule has 0 aliphatic carbocycles. The first kappa shape index (κ1) is 16.7. The molecule has 0 aromatic heterocycles. The largest absolute Gasteiger partial charge is 0.457 e. The molecule has 1 fully saturated rings. The van der Waals surface area contributed by atoms with Gasteiger partial charge in [-0.25, -0.2) is 0 Å². The highest BCUT2D eigenvalue weighted by atomic mass is 32.1. The number of thiocarbonyl (C=S) groups is 1. The molecule has 0 atom stereocenters. The van der Waals surface area contributed by atoms with Crippen molar-refractivity contribution in [1.29, 1.82) is 0 Å². The number of anilines is 1. The third-order valence-corrected chi connectivity index (χ3v) is 4.55. The second kappa shape index (κ2) is 8.13. The van der Waals surface area contributed by atoms with E-state index in [2.05, 4.69) is 22.0 Å². The zero-order valence-electron chi connectivity index (χ0n) is 13.9. The number of rotatable bonds is 4. The van der Waals surface area contributed by atoms with Crippen molar-refractivity contribution in [2.45, 2.75) is 6.92 Å². The maximum Gasteiger partial charge on any atom is 0.173 e. The van der Waals surface area contributed by atoms with Gasteiger partial charge in [0.1, 0.15) is 11.5 Å². The maximum absolute atomic E-state index is 5.80. The van der Waals surface area contributed by atoms with E-state index < -0.39 is 0 Å². The van der Waals surface area contributed by atoms with E-state index in [1.165, 1.54) is 0 Å². The minimum absolute atomic E-state index is 0.794. The molecule has 4 nitrogen and oxygen atoms in total. The molecule has 2 aromatic carbocycles. The Labute approximate surface area is 149 Å². The van der Waals surface area contributed by atoms with Gasteiger partial charge in [0.2, 0.25) is 0 Å². The summed E-state index contributed by atoms with van der Waals surface area (Å²) in [7, 11) is 0. The van der Waals surface area contributed by atoms with E-state index in [-0.39, 0.29) is 0 Å². The van der Waals surface area contributed by atoms with E-state index in [4.69, 9.17) is 17.0 Å². The second-order valence-electron chi connectivity index (χ2n) is 5.79. The molecule has 0 unspecified atom stereocenters. The lowest BCUT2D eigenvalue weighted by Crippen LogP contribution is -2.49. The minimum atomic E-state index is 0.794. The van der Waals surface area contributed by atoms with Gasteiger partial charge in [-0.1, -0.05) is 25.1 Å². The highest BCUT2D eigenvalue weighted by Gasteiger charge is 2.17. The summed E-state index contributed by atoms with van der Waals surface area (Å²) in [5.41, 5.74) is 0.985. The van der Waals surface area contributed by atoms with Crippen molar-refractivity contribution in [2.75, 3.05) is 38.0 Å². The Morgan fingerprint density at radius 3 is 2.21 bits per heavy atom. The van der Waals surface area contributed by atoms with Crippen molar-refractivity contribution in [3.8, 4) is 11.5 Å². The van der Waals surface area contributed by atoms with Gasteiger partial charge in [0.05, 0.1) is 0 Å². The van der Waals surface area contributed by atoms with Crippen molar-refractivity contribution < 1.29 is 4.74 Å². The van der Waals surface area contributed by atoms with Gasteiger partial charge >= 0.3 is 0 Å². The highest BCUT2D eigenvalue weighted by Crippen LogP contribution is 2.22. The summed E-state index contributed by atoms with van der Waals surface area (Å²) in [5.74, 6) is 1.65. The van der Waals surface area contributed by atoms with Gasteiger partial charge in [0.15, 0.2) is 5.11 Å². The van der Waals surface area contributed by atoms with Crippen molar-refractivity contribution >= 4 is 23.0 Å². The smallest absolute Gasteiger partial charge is 0.173 e. The van der Waals surface area contributed by atoms with Crippen LogP contribution < -0.4 is 10.1 Å². The number of likely N-dealkylation sites (N-methyl/N-ethyl adjacent to an activating group) is 1. The predicted octanol–water partition coefficient (Wildman–Crippen LogP) is 3.81. The van der Waals surface area contributed by atoms with E-state index in [1.807, 2.05) is 54.6 Å². The number of hydrogen-bond donors (Lipinski definition) is 1. The summed E-state index contributed by atoms with van der Waals surface area (Å²) in [6.07, 6.45) is 0. The van der Waals surface area contributed by atoms with Crippen LogP contribution in [0.25, 0.3) is 0 Å². The Hall–Kier alpha value is -2.11. The van der Waals surface area contributed by atoms with Crippen LogP contribution in [0.1, 0.15) is 6.92 Å². The van der Waals surface area contributed by atoms with E-state index in [1.54, 1.807) is 0 Å². The monoisotopic (exact) mass is 341 g/mol. The van der Waals surface area contributed by atoms with Gasteiger partial charge in [-0.3, -0.25) is 0 Å².